The maximum absolute atomic E-state index is 13.7. The van der Waals surface area contributed by atoms with Gasteiger partial charge in [-0.1, -0.05) is 18.9 Å². The zero-order valence-corrected chi connectivity index (χ0v) is 18.3. The summed E-state index contributed by atoms with van der Waals surface area (Å²) in [5, 5.41) is 3.20. The summed E-state index contributed by atoms with van der Waals surface area (Å²) in [6.07, 6.45) is 10.5. The first-order chi connectivity index (χ1) is 15.2. The van der Waals surface area contributed by atoms with Gasteiger partial charge in [0.1, 0.15) is 0 Å². The average molecular weight is 424 g/mol. The van der Waals surface area contributed by atoms with Crippen LogP contribution in [0, 0.1) is 5.41 Å². The smallest absolute Gasteiger partial charge is 0.236 e. The number of amides is 2. The maximum atomic E-state index is 13.7. The molecule has 0 radical (unpaired) electrons. The summed E-state index contributed by atoms with van der Waals surface area (Å²) in [4.78, 5) is 30.9. The molecular formula is C25H33N3O3. The standard InChI is InChI=1S/C25H33N3O3/c29-23-12-14-25(13-4-3-7-22(25)28(23)21-5-1-2-6-21)24(30)26-19-8-10-20(11-9-19)27-15-17-31-18-16-27/h7-11,21H,1-6,12-18H2,(H,26,30). The van der Waals surface area contributed by atoms with Gasteiger partial charge in [-0.05, 0) is 62.8 Å². The van der Waals surface area contributed by atoms with Gasteiger partial charge in [0.2, 0.25) is 11.8 Å². The SMILES string of the molecule is O=C1CCC2(C(=O)Nc3ccc(N4CCOCC4)cc3)CCCC=C2N1C1CCCC1. The van der Waals surface area contributed by atoms with Gasteiger partial charge < -0.3 is 19.9 Å². The third-order valence-electron chi connectivity index (χ3n) is 7.56. The molecule has 6 heteroatoms. The van der Waals surface area contributed by atoms with Crippen molar-refractivity contribution in [2.24, 2.45) is 5.41 Å². The lowest BCUT2D eigenvalue weighted by molar-refractivity contribution is -0.140. The Kier molecular flexibility index (Phi) is 5.74. The zero-order valence-electron chi connectivity index (χ0n) is 18.3. The maximum Gasteiger partial charge on any atom is 0.236 e. The van der Waals surface area contributed by atoms with E-state index in [0.717, 1.165) is 75.5 Å². The molecule has 2 aliphatic carbocycles. The lowest BCUT2D eigenvalue weighted by Crippen LogP contribution is -2.53. The van der Waals surface area contributed by atoms with Crippen molar-refractivity contribution in [1.82, 2.24) is 4.90 Å². The fraction of sp³-hybridized carbons (Fsp3) is 0.600. The first-order valence-electron chi connectivity index (χ1n) is 11.9. The van der Waals surface area contributed by atoms with Gasteiger partial charge in [-0.2, -0.15) is 0 Å². The second kappa shape index (κ2) is 8.65. The van der Waals surface area contributed by atoms with E-state index < -0.39 is 5.41 Å². The van der Waals surface area contributed by atoms with Crippen LogP contribution in [0.3, 0.4) is 0 Å². The summed E-state index contributed by atoms with van der Waals surface area (Å²) in [5.41, 5.74) is 2.40. The fourth-order valence-corrected chi connectivity index (χ4v) is 5.86. The Hall–Kier alpha value is -2.34. The molecule has 1 aromatic carbocycles. The van der Waals surface area contributed by atoms with Gasteiger partial charge in [0.25, 0.3) is 0 Å². The van der Waals surface area contributed by atoms with E-state index in [-0.39, 0.29) is 17.9 Å². The van der Waals surface area contributed by atoms with Crippen LogP contribution >= 0.6 is 0 Å². The molecule has 31 heavy (non-hydrogen) atoms. The van der Waals surface area contributed by atoms with Crippen molar-refractivity contribution in [1.29, 1.82) is 0 Å². The molecule has 1 saturated carbocycles. The van der Waals surface area contributed by atoms with Crippen molar-refractivity contribution in [2.75, 3.05) is 36.5 Å². The van der Waals surface area contributed by atoms with Gasteiger partial charge in [0.05, 0.1) is 18.6 Å². The Morgan fingerprint density at radius 1 is 1.03 bits per heavy atom. The number of hydrogen-bond acceptors (Lipinski definition) is 4. The highest BCUT2D eigenvalue weighted by Crippen LogP contribution is 2.49. The van der Waals surface area contributed by atoms with E-state index >= 15 is 0 Å². The highest BCUT2D eigenvalue weighted by atomic mass is 16.5. The van der Waals surface area contributed by atoms with Crippen LogP contribution in [-0.2, 0) is 14.3 Å². The van der Waals surface area contributed by atoms with E-state index in [9.17, 15) is 9.59 Å². The van der Waals surface area contributed by atoms with E-state index in [4.69, 9.17) is 4.74 Å². The number of piperidine rings is 1. The second-order valence-corrected chi connectivity index (χ2v) is 9.37. The molecule has 1 N–H and O–H groups in total. The number of fused-ring (bicyclic) bond motifs is 1. The van der Waals surface area contributed by atoms with Crippen LogP contribution in [0.1, 0.15) is 57.8 Å². The zero-order chi connectivity index (χ0) is 21.3. The van der Waals surface area contributed by atoms with Crippen LogP contribution < -0.4 is 10.2 Å². The van der Waals surface area contributed by atoms with E-state index in [1.807, 2.05) is 17.0 Å². The van der Waals surface area contributed by atoms with Crippen molar-refractivity contribution < 1.29 is 14.3 Å². The first-order valence-corrected chi connectivity index (χ1v) is 11.9. The third kappa shape index (κ3) is 3.86. The van der Waals surface area contributed by atoms with E-state index in [2.05, 4.69) is 28.4 Å². The van der Waals surface area contributed by atoms with Crippen molar-refractivity contribution in [3.05, 3.63) is 36.0 Å². The van der Waals surface area contributed by atoms with Crippen molar-refractivity contribution in [3.8, 4) is 0 Å². The number of likely N-dealkylation sites (tertiary alicyclic amines) is 1. The molecule has 166 valence electrons. The number of allylic oxidation sites excluding steroid dienone is 1. The van der Waals surface area contributed by atoms with Gasteiger partial charge in [-0.15, -0.1) is 0 Å². The number of ether oxygens (including phenoxy) is 1. The second-order valence-electron chi connectivity index (χ2n) is 9.37. The summed E-state index contributed by atoms with van der Waals surface area (Å²) in [6, 6.07) is 8.41. The summed E-state index contributed by atoms with van der Waals surface area (Å²) >= 11 is 0. The Balaban J connectivity index is 1.35. The lowest BCUT2D eigenvalue weighted by atomic mass is 9.68. The number of morpholine rings is 1. The van der Waals surface area contributed by atoms with Crippen LogP contribution in [0.5, 0.6) is 0 Å². The number of benzene rings is 1. The number of carbonyl (C=O) groups is 2. The lowest BCUT2D eigenvalue weighted by Gasteiger charge is -2.48. The predicted octanol–water partition coefficient (Wildman–Crippen LogP) is 4.08. The molecule has 0 spiro atoms. The molecule has 2 heterocycles. The van der Waals surface area contributed by atoms with Gasteiger partial charge in [-0.25, -0.2) is 0 Å². The minimum atomic E-state index is -0.572. The van der Waals surface area contributed by atoms with Crippen LogP contribution in [0.25, 0.3) is 0 Å². The van der Waals surface area contributed by atoms with Crippen molar-refractivity contribution >= 4 is 23.2 Å². The van der Waals surface area contributed by atoms with Crippen LogP contribution in [-0.4, -0.2) is 49.1 Å². The number of anilines is 2. The van der Waals surface area contributed by atoms with E-state index in [1.165, 1.54) is 12.8 Å². The van der Waals surface area contributed by atoms with E-state index in [1.54, 1.807) is 0 Å². The minimum Gasteiger partial charge on any atom is -0.378 e. The summed E-state index contributed by atoms with van der Waals surface area (Å²) in [7, 11) is 0. The number of hydrogen-bond donors (Lipinski definition) is 1. The normalized spacial score (nSPS) is 27.1. The molecule has 2 aliphatic heterocycles. The highest BCUT2D eigenvalue weighted by Gasteiger charge is 2.51. The first kappa shape index (κ1) is 20.6. The van der Waals surface area contributed by atoms with Crippen LogP contribution in [0.2, 0.25) is 0 Å². The van der Waals surface area contributed by atoms with Crippen molar-refractivity contribution in [3.63, 3.8) is 0 Å². The molecule has 5 rings (SSSR count). The van der Waals surface area contributed by atoms with Gasteiger partial charge in [-0.3, -0.25) is 9.59 Å². The number of carbonyl (C=O) groups excluding carboxylic acids is 2. The molecule has 1 unspecified atom stereocenters. The number of rotatable bonds is 4. The molecule has 4 aliphatic rings. The number of nitrogens with one attached hydrogen (secondary N) is 1. The Morgan fingerprint density at radius 3 is 2.52 bits per heavy atom. The minimum absolute atomic E-state index is 0.0491. The summed E-state index contributed by atoms with van der Waals surface area (Å²) < 4.78 is 5.44. The topological polar surface area (TPSA) is 61.9 Å². The third-order valence-corrected chi connectivity index (χ3v) is 7.56. The molecule has 6 nitrogen and oxygen atoms in total. The summed E-state index contributed by atoms with van der Waals surface area (Å²) in [6.45, 7) is 3.31. The Bertz CT molecular complexity index is 853. The predicted molar refractivity (Wildman–Crippen MR) is 121 cm³/mol. The molecular weight excluding hydrogens is 390 g/mol. The van der Waals surface area contributed by atoms with E-state index in [0.29, 0.717) is 12.8 Å². The highest BCUT2D eigenvalue weighted by molar-refractivity contribution is 5.99. The molecule has 0 bridgehead atoms. The van der Waals surface area contributed by atoms with Gasteiger partial charge in [0.15, 0.2) is 0 Å². The molecule has 1 atom stereocenters. The summed E-state index contributed by atoms with van der Waals surface area (Å²) in [5.74, 6) is 0.256. The van der Waals surface area contributed by atoms with Gasteiger partial charge in [0, 0.05) is 42.6 Å². The molecule has 1 aromatic rings. The molecule has 0 aromatic heterocycles. The fourth-order valence-electron chi connectivity index (χ4n) is 5.86. The monoisotopic (exact) mass is 423 g/mol. The number of nitrogens with zero attached hydrogens (tertiary/aromatic N) is 2. The molecule has 2 amide bonds. The van der Waals surface area contributed by atoms with Crippen LogP contribution in [0.4, 0.5) is 11.4 Å². The molecule has 3 fully saturated rings. The van der Waals surface area contributed by atoms with Crippen molar-refractivity contribution in [2.45, 2.75) is 63.8 Å². The van der Waals surface area contributed by atoms with Crippen LogP contribution in [0.15, 0.2) is 36.0 Å². The quantitative estimate of drug-likeness (QED) is 0.793. The Morgan fingerprint density at radius 2 is 1.77 bits per heavy atom. The molecule has 2 saturated heterocycles. The van der Waals surface area contributed by atoms with Gasteiger partial charge >= 0.3 is 0 Å². The average Bonchev–Trinajstić information content (AvgIpc) is 3.34. The Labute approximate surface area is 184 Å². The largest absolute Gasteiger partial charge is 0.378 e.